The van der Waals surface area contributed by atoms with Crippen molar-refractivity contribution in [3.8, 4) is 0 Å². The van der Waals surface area contributed by atoms with E-state index in [4.69, 9.17) is 0 Å². The zero-order valence-electron chi connectivity index (χ0n) is 14.0. The number of hydrogen-bond acceptors (Lipinski definition) is 2. The molecule has 0 heterocycles. The van der Waals surface area contributed by atoms with Crippen molar-refractivity contribution in [3.63, 3.8) is 0 Å². The van der Waals surface area contributed by atoms with Crippen LogP contribution in [0, 0.1) is 0 Å². The van der Waals surface area contributed by atoms with Crippen molar-refractivity contribution in [2.24, 2.45) is 0 Å². The van der Waals surface area contributed by atoms with Gasteiger partial charge < -0.3 is 0 Å². The quantitative estimate of drug-likeness (QED) is 0.458. The number of ketones is 2. The summed E-state index contributed by atoms with van der Waals surface area (Å²) in [6, 6.07) is 20.7. The molecule has 0 aliphatic carbocycles. The SMILES string of the molecule is C=C(C)C(=O)c1c(C(=O)/C=C/c2ccccc2)ccc2ccccc12. The van der Waals surface area contributed by atoms with Crippen LogP contribution >= 0.6 is 0 Å². The van der Waals surface area contributed by atoms with Gasteiger partial charge in [0.05, 0.1) is 0 Å². The molecule has 0 N–H and O–H groups in total. The van der Waals surface area contributed by atoms with E-state index < -0.39 is 0 Å². The van der Waals surface area contributed by atoms with E-state index >= 15 is 0 Å². The molecular formula is C23H18O2. The van der Waals surface area contributed by atoms with Crippen LogP contribution in [0.2, 0.25) is 0 Å². The minimum absolute atomic E-state index is 0.195. The van der Waals surface area contributed by atoms with E-state index in [-0.39, 0.29) is 11.6 Å². The molecule has 3 rings (SSSR count). The highest BCUT2D eigenvalue weighted by atomic mass is 16.1. The molecule has 0 radical (unpaired) electrons. The molecule has 0 spiro atoms. The lowest BCUT2D eigenvalue weighted by molar-refractivity contribution is 0.101. The Kier molecular flexibility index (Phi) is 4.71. The van der Waals surface area contributed by atoms with Crippen LogP contribution in [-0.2, 0) is 0 Å². The number of allylic oxidation sites excluding steroid dienone is 2. The highest BCUT2D eigenvalue weighted by Gasteiger charge is 2.19. The second-order valence-electron chi connectivity index (χ2n) is 5.93. The highest BCUT2D eigenvalue weighted by molar-refractivity contribution is 6.23. The van der Waals surface area contributed by atoms with E-state index in [2.05, 4.69) is 6.58 Å². The average Bonchev–Trinajstić information content (AvgIpc) is 2.65. The molecule has 3 aromatic carbocycles. The van der Waals surface area contributed by atoms with Gasteiger partial charge in [0, 0.05) is 11.1 Å². The largest absolute Gasteiger partial charge is 0.289 e. The third-order valence-electron chi connectivity index (χ3n) is 4.04. The summed E-state index contributed by atoms with van der Waals surface area (Å²) in [7, 11) is 0. The molecule has 0 aliphatic rings. The van der Waals surface area contributed by atoms with Gasteiger partial charge in [0.25, 0.3) is 0 Å². The van der Waals surface area contributed by atoms with Crippen molar-refractivity contribution in [2.45, 2.75) is 6.92 Å². The summed E-state index contributed by atoms with van der Waals surface area (Å²) < 4.78 is 0. The smallest absolute Gasteiger partial charge is 0.189 e. The van der Waals surface area contributed by atoms with E-state index in [0.717, 1.165) is 16.3 Å². The van der Waals surface area contributed by atoms with Gasteiger partial charge in [-0.25, -0.2) is 0 Å². The molecule has 0 amide bonds. The van der Waals surface area contributed by atoms with Crippen molar-refractivity contribution >= 4 is 28.4 Å². The third-order valence-corrected chi connectivity index (χ3v) is 4.04. The number of hydrogen-bond donors (Lipinski definition) is 0. The van der Waals surface area contributed by atoms with Gasteiger partial charge in [-0.15, -0.1) is 0 Å². The van der Waals surface area contributed by atoms with Crippen molar-refractivity contribution in [1.82, 2.24) is 0 Å². The fourth-order valence-electron chi connectivity index (χ4n) is 2.76. The van der Waals surface area contributed by atoms with Crippen LogP contribution in [0.1, 0.15) is 33.2 Å². The molecule has 2 nitrogen and oxygen atoms in total. The highest BCUT2D eigenvalue weighted by Crippen LogP contribution is 2.25. The van der Waals surface area contributed by atoms with Crippen LogP contribution in [-0.4, -0.2) is 11.6 Å². The average molecular weight is 326 g/mol. The van der Waals surface area contributed by atoms with Crippen LogP contribution in [0.4, 0.5) is 0 Å². The topological polar surface area (TPSA) is 34.1 Å². The van der Waals surface area contributed by atoms with Crippen LogP contribution in [0.5, 0.6) is 0 Å². The first kappa shape index (κ1) is 16.6. The molecule has 0 saturated heterocycles. The zero-order chi connectivity index (χ0) is 17.8. The Labute approximate surface area is 147 Å². The minimum Gasteiger partial charge on any atom is -0.289 e. The normalized spacial score (nSPS) is 10.9. The summed E-state index contributed by atoms with van der Waals surface area (Å²) in [5.41, 5.74) is 2.18. The van der Waals surface area contributed by atoms with Gasteiger partial charge in [0.15, 0.2) is 11.6 Å². The van der Waals surface area contributed by atoms with Gasteiger partial charge in [-0.1, -0.05) is 73.3 Å². The van der Waals surface area contributed by atoms with Gasteiger partial charge in [0.1, 0.15) is 0 Å². The van der Waals surface area contributed by atoms with Gasteiger partial charge in [0.2, 0.25) is 0 Å². The molecule has 0 unspecified atom stereocenters. The van der Waals surface area contributed by atoms with Crippen LogP contribution in [0.25, 0.3) is 16.8 Å². The molecular weight excluding hydrogens is 308 g/mol. The van der Waals surface area contributed by atoms with Crippen LogP contribution in [0.3, 0.4) is 0 Å². The Hall–Kier alpha value is -3.26. The zero-order valence-corrected chi connectivity index (χ0v) is 14.0. The summed E-state index contributed by atoms with van der Waals surface area (Å²) in [5.74, 6) is -0.396. The number of carbonyl (C=O) groups is 2. The summed E-state index contributed by atoms with van der Waals surface area (Å²) in [6.45, 7) is 5.42. The van der Waals surface area contributed by atoms with Gasteiger partial charge >= 0.3 is 0 Å². The molecule has 0 atom stereocenters. The second-order valence-corrected chi connectivity index (χ2v) is 5.93. The lowest BCUT2D eigenvalue weighted by Crippen LogP contribution is -2.09. The van der Waals surface area contributed by atoms with Crippen LogP contribution in [0.15, 0.2) is 85.0 Å². The maximum atomic E-state index is 12.7. The number of carbonyl (C=O) groups excluding carboxylic acids is 2. The maximum Gasteiger partial charge on any atom is 0.189 e. The Balaban J connectivity index is 2.10. The standard InChI is InChI=1S/C23H18O2/c1-16(2)23(25)22-19-11-7-6-10-18(19)13-14-20(22)21(24)15-12-17-8-4-3-5-9-17/h3-15H,1H2,2H3/b15-12+. The predicted octanol–water partition coefficient (Wildman–Crippen LogP) is 5.49. The van der Waals surface area contributed by atoms with Crippen molar-refractivity contribution in [2.75, 3.05) is 0 Å². The number of Topliss-reactive ketones (excluding diaryl/α,β-unsaturated/α-hetero) is 1. The molecule has 0 aliphatic heterocycles. The summed E-state index contributed by atoms with van der Waals surface area (Å²) in [6.07, 6.45) is 3.27. The van der Waals surface area contributed by atoms with Gasteiger partial charge in [-0.3, -0.25) is 9.59 Å². The Morgan fingerprint density at radius 2 is 1.56 bits per heavy atom. The Morgan fingerprint density at radius 3 is 2.28 bits per heavy atom. The van der Waals surface area contributed by atoms with Gasteiger partial charge in [-0.2, -0.15) is 0 Å². The van der Waals surface area contributed by atoms with Crippen molar-refractivity contribution in [3.05, 3.63) is 102 Å². The molecule has 3 aromatic rings. The summed E-state index contributed by atoms with van der Waals surface area (Å²) in [4.78, 5) is 25.4. The molecule has 0 fully saturated rings. The second kappa shape index (κ2) is 7.10. The number of fused-ring (bicyclic) bond motifs is 1. The summed E-state index contributed by atoms with van der Waals surface area (Å²) >= 11 is 0. The molecule has 2 heteroatoms. The number of benzene rings is 3. The lowest BCUT2D eigenvalue weighted by Gasteiger charge is -2.10. The monoisotopic (exact) mass is 326 g/mol. The fraction of sp³-hybridized carbons (Fsp3) is 0.0435. The minimum atomic E-state index is -0.201. The predicted molar refractivity (Wildman–Crippen MR) is 103 cm³/mol. The van der Waals surface area contributed by atoms with Crippen molar-refractivity contribution < 1.29 is 9.59 Å². The first-order chi connectivity index (χ1) is 12.1. The number of rotatable bonds is 5. The van der Waals surface area contributed by atoms with Gasteiger partial charge in [-0.05, 0) is 41.0 Å². The molecule has 122 valence electrons. The molecule has 0 bridgehead atoms. The maximum absolute atomic E-state index is 12.7. The first-order valence-corrected chi connectivity index (χ1v) is 8.07. The Morgan fingerprint density at radius 1 is 0.880 bits per heavy atom. The van der Waals surface area contributed by atoms with E-state index in [1.54, 1.807) is 19.1 Å². The molecule has 25 heavy (non-hydrogen) atoms. The lowest BCUT2D eigenvalue weighted by atomic mass is 9.91. The van der Waals surface area contributed by atoms with Crippen LogP contribution < -0.4 is 0 Å². The van der Waals surface area contributed by atoms with Crippen molar-refractivity contribution in [1.29, 1.82) is 0 Å². The van der Waals surface area contributed by atoms with E-state index in [9.17, 15) is 9.59 Å². The summed E-state index contributed by atoms with van der Waals surface area (Å²) in [5, 5.41) is 1.70. The Bertz CT molecular complexity index is 995. The van der Waals surface area contributed by atoms with E-state index in [0.29, 0.717) is 16.7 Å². The van der Waals surface area contributed by atoms with E-state index in [1.165, 1.54) is 6.08 Å². The molecule has 0 saturated carbocycles. The third kappa shape index (κ3) is 3.48. The first-order valence-electron chi connectivity index (χ1n) is 8.07. The fourth-order valence-corrected chi connectivity index (χ4v) is 2.76. The van der Waals surface area contributed by atoms with E-state index in [1.807, 2.05) is 60.7 Å². The molecule has 0 aromatic heterocycles.